The summed E-state index contributed by atoms with van der Waals surface area (Å²) in [5, 5.41) is 29.2. The van der Waals surface area contributed by atoms with Gasteiger partial charge in [-0.05, 0) is 51.7 Å². The van der Waals surface area contributed by atoms with Crippen molar-refractivity contribution in [3.63, 3.8) is 0 Å². The van der Waals surface area contributed by atoms with E-state index < -0.39 is 6.09 Å². The van der Waals surface area contributed by atoms with Crippen LogP contribution in [0.5, 0.6) is 0 Å². The normalized spacial score (nSPS) is 19.5. The summed E-state index contributed by atoms with van der Waals surface area (Å²) < 4.78 is 0. The van der Waals surface area contributed by atoms with E-state index in [1.165, 1.54) is 0 Å². The number of amides is 1. The number of aromatic nitrogens is 2. The Kier molecular flexibility index (Phi) is 5.60. The summed E-state index contributed by atoms with van der Waals surface area (Å²) in [6, 6.07) is 6.05. The first-order chi connectivity index (χ1) is 12.9. The van der Waals surface area contributed by atoms with Crippen molar-refractivity contribution in [1.82, 2.24) is 15.3 Å². The molecule has 0 spiro atoms. The van der Waals surface area contributed by atoms with E-state index in [1.54, 1.807) is 12.3 Å². The minimum absolute atomic E-state index is 0.0350. The SMILES string of the molecule is CC(C)Nc1nc(C#N)cc2cnc(N[C@H]3CCC[C@@H](NC(=O)O)C3)cc12. The fourth-order valence-corrected chi connectivity index (χ4v) is 3.50. The van der Waals surface area contributed by atoms with Gasteiger partial charge in [-0.15, -0.1) is 0 Å². The average Bonchev–Trinajstić information content (AvgIpc) is 2.61. The Balaban J connectivity index is 1.83. The third kappa shape index (κ3) is 4.76. The van der Waals surface area contributed by atoms with Crippen LogP contribution in [0.15, 0.2) is 18.3 Å². The Morgan fingerprint density at radius 1 is 1.33 bits per heavy atom. The number of rotatable bonds is 5. The summed E-state index contributed by atoms with van der Waals surface area (Å²) in [6.07, 6.45) is 4.28. The van der Waals surface area contributed by atoms with Crippen molar-refractivity contribution >= 4 is 28.5 Å². The highest BCUT2D eigenvalue weighted by Gasteiger charge is 2.23. The maximum Gasteiger partial charge on any atom is 0.404 e. The van der Waals surface area contributed by atoms with E-state index in [-0.39, 0.29) is 18.1 Å². The molecule has 1 amide bonds. The van der Waals surface area contributed by atoms with Gasteiger partial charge in [-0.25, -0.2) is 14.8 Å². The third-order valence-corrected chi connectivity index (χ3v) is 4.61. The third-order valence-electron chi connectivity index (χ3n) is 4.61. The monoisotopic (exact) mass is 368 g/mol. The first-order valence-electron chi connectivity index (χ1n) is 9.18. The van der Waals surface area contributed by atoms with Crippen molar-refractivity contribution in [2.45, 2.75) is 57.7 Å². The maximum atomic E-state index is 10.9. The van der Waals surface area contributed by atoms with Crippen molar-refractivity contribution in [1.29, 1.82) is 5.26 Å². The van der Waals surface area contributed by atoms with Crippen molar-refractivity contribution in [2.75, 3.05) is 10.6 Å². The molecule has 8 nitrogen and oxygen atoms in total. The van der Waals surface area contributed by atoms with E-state index in [2.05, 4.69) is 32.0 Å². The minimum Gasteiger partial charge on any atom is -0.465 e. The first kappa shape index (κ1) is 18.7. The van der Waals surface area contributed by atoms with Gasteiger partial charge >= 0.3 is 6.09 Å². The predicted molar refractivity (Wildman–Crippen MR) is 104 cm³/mol. The van der Waals surface area contributed by atoms with E-state index in [0.29, 0.717) is 11.5 Å². The Morgan fingerprint density at radius 3 is 2.81 bits per heavy atom. The van der Waals surface area contributed by atoms with Gasteiger partial charge in [0.2, 0.25) is 0 Å². The average molecular weight is 368 g/mol. The lowest BCUT2D eigenvalue weighted by Gasteiger charge is -2.30. The van der Waals surface area contributed by atoms with Gasteiger partial charge in [-0.3, -0.25) is 0 Å². The fourth-order valence-electron chi connectivity index (χ4n) is 3.50. The van der Waals surface area contributed by atoms with Crippen LogP contribution < -0.4 is 16.0 Å². The van der Waals surface area contributed by atoms with Gasteiger partial charge in [0.1, 0.15) is 23.4 Å². The summed E-state index contributed by atoms with van der Waals surface area (Å²) in [6.45, 7) is 4.04. The van der Waals surface area contributed by atoms with Crippen molar-refractivity contribution in [2.24, 2.45) is 0 Å². The lowest BCUT2D eigenvalue weighted by Crippen LogP contribution is -2.41. The Morgan fingerprint density at radius 2 is 2.11 bits per heavy atom. The number of carbonyl (C=O) groups is 1. The highest BCUT2D eigenvalue weighted by Crippen LogP contribution is 2.27. The molecule has 1 fully saturated rings. The molecule has 142 valence electrons. The molecule has 2 aromatic heterocycles. The van der Waals surface area contributed by atoms with Gasteiger partial charge in [-0.2, -0.15) is 5.26 Å². The van der Waals surface area contributed by atoms with Crippen LogP contribution in [0.3, 0.4) is 0 Å². The second-order valence-electron chi connectivity index (χ2n) is 7.21. The van der Waals surface area contributed by atoms with Crippen LogP contribution >= 0.6 is 0 Å². The molecule has 3 rings (SSSR count). The minimum atomic E-state index is -0.978. The Hall–Kier alpha value is -3.08. The standard InChI is InChI=1S/C19H24N6O2/c1-11(2)22-18-16-8-17(21-10-12(16)6-15(9-20)24-18)23-13-4-3-5-14(7-13)25-19(26)27/h6,8,10-11,13-14,25H,3-5,7H2,1-2H3,(H,21,23)(H,22,24)(H,26,27)/t13-,14+/m0/s1. The summed E-state index contributed by atoms with van der Waals surface area (Å²) in [5.41, 5.74) is 0.350. The predicted octanol–water partition coefficient (Wildman–Crippen LogP) is 3.31. The molecule has 1 aliphatic rings. The molecule has 1 saturated carbocycles. The van der Waals surface area contributed by atoms with Crippen LogP contribution in [0.2, 0.25) is 0 Å². The second kappa shape index (κ2) is 8.08. The highest BCUT2D eigenvalue weighted by molar-refractivity contribution is 5.93. The molecule has 0 aliphatic heterocycles. The van der Waals surface area contributed by atoms with Gasteiger partial charge in [0.15, 0.2) is 0 Å². The maximum absolute atomic E-state index is 10.9. The molecular formula is C19H24N6O2. The van der Waals surface area contributed by atoms with Crippen LogP contribution in [-0.4, -0.2) is 39.3 Å². The Bertz CT molecular complexity index is 876. The summed E-state index contributed by atoms with van der Waals surface area (Å²) in [7, 11) is 0. The summed E-state index contributed by atoms with van der Waals surface area (Å²) in [5.74, 6) is 1.39. The van der Waals surface area contributed by atoms with E-state index in [4.69, 9.17) is 5.11 Å². The second-order valence-corrected chi connectivity index (χ2v) is 7.21. The smallest absolute Gasteiger partial charge is 0.404 e. The number of nitrogens with one attached hydrogen (secondary N) is 3. The van der Waals surface area contributed by atoms with Crippen LogP contribution in [-0.2, 0) is 0 Å². The first-order valence-corrected chi connectivity index (χ1v) is 9.18. The summed E-state index contributed by atoms with van der Waals surface area (Å²) >= 11 is 0. The molecule has 0 bridgehead atoms. The van der Waals surface area contributed by atoms with Gasteiger partial charge in [0.25, 0.3) is 0 Å². The topological polar surface area (TPSA) is 123 Å². The van der Waals surface area contributed by atoms with E-state index >= 15 is 0 Å². The van der Waals surface area contributed by atoms with Crippen LogP contribution in [0.4, 0.5) is 16.4 Å². The van der Waals surface area contributed by atoms with Gasteiger partial charge in [-0.1, -0.05) is 0 Å². The van der Waals surface area contributed by atoms with Gasteiger partial charge < -0.3 is 21.1 Å². The zero-order chi connectivity index (χ0) is 19.4. The molecule has 8 heteroatoms. The molecule has 4 N–H and O–H groups in total. The lowest BCUT2D eigenvalue weighted by molar-refractivity contribution is 0.185. The number of pyridine rings is 2. The van der Waals surface area contributed by atoms with E-state index in [9.17, 15) is 10.1 Å². The van der Waals surface area contributed by atoms with Crippen LogP contribution in [0, 0.1) is 11.3 Å². The molecule has 2 atom stereocenters. The van der Waals surface area contributed by atoms with Crippen LogP contribution in [0.1, 0.15) is 45.2 Å². The van der Waals surface area contributed by atoms with Gasteiger partial charge in [0, 0.05) is 35.1 Å². The molecule has 0 unspecified atom stereocenters. The zero-order valence-corrected chi connectivity index (χ0v) is 15.5. The number of nitrogens with zero attached hydrogens (tertiary/aromatic N) is 3. The largest absolute Gasteiger partial charge is 0.465 e. The van der Waals surface area contributed by atoms with Crippen molar-refractivity contribution in [3.8, 4) is 6.07 Å². The number of nitriles is 1. The number of anilines is 2. The molecule has 2 aromatic rings. The van der Waals surface area contributed by atoms with Gasteiger partial charge in [0.05, 0.1) is 0 Å². The quantitative estimate of drug-likeness (QED) is 0.638. The zero-order valence-electron chi connectivity index (χ0n) is 15.5. The lowest BCUT2D eigenvalue weighted by atomic mass is 9.91. The molecule has 2 heterocycles. The molecule has 0 saturated heterocycles. The number of carboxylic acid groups (broad SMARTS) is 1. The van der Waals surface area contributed by atoms with E-state index in [1.807, 2.05) is 19.9 Å². The van der Waals surface area contributed by atoms with Crippen LogP contribution in [0.25, 0.3) is 10.8 Å². The number of hydrogen-bond donors (Lipinski definition) is 4. The molecule has 27 heavy (non-hydrogen) atoms. The van der Waals surface area contributed by atoms with Crippen molar-refractivity contribution < 1.29 is 9.90 Å². The molecule has 1 aliphatic carbocycles. The highest BCUT2D eigenvalue weighted by atomic mass is 16.4. The van der Waals surface area contributed by atoms with Crippen molar-refractivity contribution in [3.05, 3.63) is 24.0 Å². The molecule has 0 radical (unpaired) electrons. The fraction of sp³-hybridized carbons (Fsp3) is 0.474. The molecule has 0 aromatic carbocycles. The number of fused-ring (bicyclic) bond motifs is 1. The van der Waals surface area contributed by atoms with E-state index in [0.717, 1.165) is 42.3 Å². The Labute approximate surface area is 158 Å². The molecular weight excluding hydrogens is 344 g/mol. The summed E-state index contributed by atoms with van der Waals surface area (Å²) in [4.78, 5) is 19.7. The number of hydrogen-bond acceptors (Lipinski definition) is 6.